The van der Waals surface area contributed by atoms with Gasteiger partial charge in [-0.15, -0.1) is 0 Å². The number of aromatic nitrogens is 3. The molecule has 0 atom stereocenters. The standard InChI is InChI=1S/C24H20FN3O2/c1-13(2)21-20(23-10-24(11-23,12-23)22(29)30)17-8-18-14(9-26-27-18)7-19(17)28(21)16-5-3-15(25)4-6-16/h3-9H,1,10-12H2,2H3,(H,26,27)(H,29,30). The second-order valence-corrected chi connectivity index (χ2v) is 9.04. The Morgan fingerprint density at radius 3 is 2.57 bits per heavy atom. The summed E-state index contributed by atoms with van der Waals surface area (Å²) in [7, 11) is 0. The molecule has 0 aliphatic heterocycles. The summed E-state index contributed by atoms with van der Waals surface area (Å²) in [5.74, 6) is -0.980. The van der Waals surface area contributed by atoms with Crippen LogP contribution in [0.25, 0.3) is 33.1 Å². The fourth-order valence-corrected chi connectivity index (χ4v) is 5.80. The predicted molar refractivity (Wildman–Crippen MR) is 113 cm³/mol. The molecule has 0 spiro atoms. The van der Waals surface area contributed by atoms with Crippen LogP contribution in [0, 0.1) is 11.2 Å². The lowest BCUT2D eigenvalue weighted by Crippen LogP contribution is -2.68. The predicted octanol–water partition coefficient (Wildman–Crippen LogP) is 5.19. The van der Waals surface area contributed by atoms with Crippen LogP contribution in [0.5, 0.6) is 0 Å². The molecular weight excluding hydrogens is 381 g/mol. The molecule has 6 heteroatoms. The van der Waals surface area contributed by atoms with Crippen LogP contribution in [0.1, 0.15) is 37.4 Å². The molecule has 3 saturated carbocycles. The number of hydrogen-bond donors (Lipinski definition) is 2. The van der Waals surface area contributed by atoms with Crippen molar-refractivity contribution >= 4 is 33.3 Å². The lowest BCUT2D eigenvalue weighted by molar-refractivity contribution is -0.194. The van der Waals surface area contributed by atoms with E-state index >= 15 is 0 Å². The summed E-state index contributed by atoms with van der Waals surface area (Å²) >= 11 is 0. The molecule has 150 valence electrons. The molecule has 0 saturated heterocycles. The normalized spacial score (nSPS) is 24.6. The van der Waals surface area contributed by atoms with Crippen LogP contribution < -0.4 is 0 Å². The number of nitrogens with zero attached hydrogens (tertiary/aromatic N) is 2. The van der Waals surface area contributed by atoms with E-state index in [0.717, 1.165) is 44.3 Å². The van der Waals surface area contributed by atoms with Crippen LogP contribution in [-0.2, 0) is 10.2 Å². The van der Waals surface area contributed by atoms with Crippen molar-refractivity contribution < 1.29 is 14.3 Å². The summed E-state index contributed by atoms with van der Waals surface area (Å²) in [5.41, 5.74) is 5.13. The number of rotatable bonds is 4. The van der Waals surface area contributed by atoms with Gasteiger partial charge in [0.2, 0.25) is 0 Å². The summed E-state index contributed by atoms with van der Waals surface area (Å²) in [6, 6.07) is 10.6. The highest BCUT2D eigenvalue weighted by Crippen LogP contribution is 2.75. The first-order chi connectivity index (χ1) is 14.3. The van der Waals surface area contributed by atoms with Crippen LogP contribution in [0.2, 0.25) is 0 Å². The van der Waals surface area contributed by atoms with Crippen molar-refractivity contribution in [1.82, 2.24) is 14.8 Å². The second-order valence-electron chi connectivity index (χ2n) is 9.04. The molecule has 5 nitrogen and oxygen atoms in total. The molecule has 30 heavy (non-hydrogen) atoms. The number of halogens is 1. The summed E-state index contributed by atoms with van der Waals surface area (Å²) in [5, 5.41) is 18.9. The molecule has 0 unspecified atom stereocenters. The topological polar surface area (TPSA) is 70.9 Å². The molecule has 7 rings (SSSR count). The highest BCUT2D eigenvalue weighted by atomic mass is 19.1. The maximum atomic E-state index is 13.6. The maximum Gasteiger partial charge on any atom is 0.309 e. The van der Waals surface area contributed by atoms with Crippen LogP contribution in [0.4, 0.5) is 4.39 Å². The van der Waals surface area contributed by atoms with Crippen LogP contribution >= 0.6 is 0 Å². The molecule has 3 aliphatic rings. The molecule has 2 N–H and O–H groups in total. The minimum Gasteiger partial charge on any atom is -0.481 e. The number of carboxylic acid groups (broad SMARTS) is 1. The largest absolute Gasteiger partial charge is 0.481 e. The van der Waals surface area contributed by atoms with E-state index in [0.29, 0.717) is 19.3 Å². The van der Waals surface area contributed by atoms with Gasteiger partial charge < -0.3 is 9.67 Å². The molecule has 2 bridgehead atoms. The number of allylic oxidation sites excluding steroid dienone is 1. The smallest absolute Gasteiger partial charge is 0.309 e. The van der Waals surface area contributed by atoms with E-state index < -0.39 is 11.4 Å². The van der Waals surface area contributed by atoms with E-state index in [-0.39, 0.29) is 11.2 Å². The van der Waals surface area contributed by atoms with Gasteiger partial charge in [0.1, 0.15) is 5.82 Å². The zero-order chi connectivity index (χ0) is 20.8. The first-order valence-corrected chi connectivity index (χ1v) is 10.0. The zero-order valence-corrected chi connectivity index (χ0v) is 16.5. The average molecular weight is 401 g/mol. The Hall–Kier alpha value is -3.41. The Balaban J connectivity index is 1.69. The van der Waals surface area contributed by atoms with Crippen molar-refractivity contribution in [1.29, 1.82) is 0 Å². The molecule has 0 radical (unpaired) electrons. The van der Waals surface area contributed by atoms with E-state index in [4.69, 9.17) is 0 Å². The summed E-state index contributed by atoms with van der Waals surface area (Å²) in [6.45, 7) is 6.23. The highest BCUT2D eigenvalue weighted by Gasteiger charge is 2.73. The van der Waals surface area contributed by atoms with Gasteiger partial charge in [0.05, 0.1) is 28.3 Å². The third kappa shape index (κ3) is 2.01. The molecule has 3 fully saturated rings. The SMILES string of the molecule is C=C(C)c1c(C23CC(C(=O)O)(C2)C3)c2cc3[nH]ncc3cc2n1-c1ccc(F)cc1. The van der Waals surface area contributed by atoms with Gasteiger partial charge in [-0.3, -0.25) is 9.89 Å². The third-order valence-corrected chi connectivity index (χ3v) is 7.03. The molecule has 2 heterocycles. The Labute approximate surface area is 171 Å². The lowest BCUT2D eigenvalue weighted by atomic mass is 9.33. The minimum atomic E-state index is -0.695. The number of carboxylic acids is 1. The molecule has 4 aromatic rings. The number of benzene rings is 2. The van der Waals surface area contributed by atoms with Gasteiger partial charge in [0, 0.05) is 21.9 Å². The maximum absolute atomic E-state index is 13.6. The van der Waals surface area contributed by atoms with Crippen molar-refractivity contribution in [2.24, 2.45) is 5.41 Å². The number of aromatic amines is 1. The Bertz CT molecular complexity index is 1370. The van der Waals surface area contributed by atoms with Crippen molar-refractivity contribution in [2.45, 2.75) is 31.6 Å². The van der Waals surface area contributed by atoms with E-state index in [9.17, 15) is 14.3 Å². The highest BCUT2D eigenvalue weighted by molar-refractivity contribution is 6.02. The van der Waals surface area contributed by atoms with Crippen molar-refractivity contribution in [3.8, 4) is 5.69 Å². The number of H-pyrrole nitrogens is 1. The summed E-state index contributed by atoms with van der Waals surface area (Å²) in [4.78, 5) is 11.7. The Morgan fingerprint density at radius 1 is 1.23 bits per heavy atom. The summed E-state index contributed by atoms with van der Waals surface area (Å²) in [6.07, 6.45) is 3.74. The average Bonchev–Trinajstić information content (AvgIpc) is 3.20. The molecule has 3 aliphatic carbocycles. The monoisotopic (exact) mass is 401 g/mol. The molecule has 2 aromatic carbocycles. The Morgan fingerprint density at radius 2 is 1.93 bits per heavy atom. The quantitative estimate of drug-likeness (QED) is 0.495. The van der Waals surface area contributed by atoms with Gasteiger partial charge >= 0.3 is 5.97 Å². The number of carbonyl (C=O) groups is 1. The first kappa shape index (κ1) is 17.4. The van der Waals surface area contributed by atoms with Crippen molar-refractivity contribution in [3.05, 3.63) is 66.2 Å². The fourth-order valence-electron chi connectivity index (χ4n) is 5.80. The number of nitrogens with one attached hydrogen (secondary N) is 1. The van der Waals surface area contributed by atoms with Crippen LogP contribution in [-0.4, -0.2) is 25.8 Å². The molecule has 2 aromatic heterocycles. The first-order valence-electron chi connectivity index (χ1n) is 10.0. The van der Waals surface area contributed by atoms with Crippen molar-refractivity contribution in [3.63, 3.8) is 0 Å². The van der Waals surface area contributed by atoms with Gasteiger partial charge in [-0.2, -0.15) is 5.10 Å². The Kier molecular flexibility index (Phi) is 3.13. The van der Waals surface area contributed by atoms with Gasteiger partial charge in [-0.25, -0.2) is 4.39 Å². The van der Waals surface area contributed by atoms with Crippen LogP contribution in [0.15, 0.2) is 49.2 Å². The van der Waals surface area contributed by atoms with Gasteiger partial charge in [0.25, 0.3) is 0 Å². The number of aliphatic carboxylic acids is 1. The summed E-state index contributed by atoms with van der Waals surface area (Å²) < 4.78 is 15.8. The number of fused-ring (bicyclic) bond motifs is 2. The van der Waals surface area contributed by atoms with E-state index in [2.05, 4.69) is 33.5 Å². The van der Waals surface area contributed by atoms with E-state index in [1.165, 1.54) is 12.1 Å². The lowest BCUT2D eigenvalue weighted by Gasteiger charge is -2.68. The molecule has 0 amide bonds. The minimum absolute atomic E-state index is 0.149. The molecular formula is C24H20FN3O2. The zero-order valence-electron chi connectivity index (χ0n) is 16.5. The van der Waals surface area contributed by atoms with Crippen LogP contribution in [0.3, 0.4) is 0 Å². The van der Waals surface area contributed by atoms with Gasteiger partial charge in [-0.1, -0.05) is 6.58 Å². The van der Waals surface area contributed by atoms with Gasteiger partial charge in [0.15, 0.2) is 0 Å². The van der Waals surface area contributed by atoms with E-state index in [1.807, 2.05) is 6.92 Å². The van der Waals surface area contributed by atoms with E-state index in [1.54, 1.807) is 18.3 Å². The van der Waals surface area contributed by atoms with Crippen molar-refractivity contribution in [2.75, 3.05) is 0 Å². The third-order valence-electron chi connectivity index (χ3n) is 7.03. The van der Waals surface area contributed by atoms with Gasteiger partial charge in [-0.05, 0) is 73.7 Å². The second kappa shape index (κ2) is 5.39. The number of hydrogen-bond acceptors (Lipinski definition) is 2. The fraction of sp³-hybridized carbons (Fsp3) is 0.250.